The van der Waals surface area contributed by atoms with Gasteiger partial charge >= 0.3 is 0 Å². The molecule has 5 rings (SSSR count). The van der Waals surface area contributed by atoms with Gasteiger partial charge in [0.1, 0.15) is 29.8 Å². The average molecular weight is 526 g/mol. The summed E-state index contributed by atoms with van der Waals surface area (Å²) in [5.74, 6) is -3.18. The first kappa shape index (κ1) is 26.3. The zero-order chi connectivity index (χ0) is 27.1. The summed E-state index contributed by atoms with van der Waals surface area (Å²) in [6.07, 6.45) is 1.36. The van der Waals surface area contributed by atoms with Gasteiger partial charge in [-0.2, -0.15) is 0 Å². The van der Waals surface area contributed by atoms with Gasteiger partial charge < -0.3 is 19.9 Å². The highest BCUT2D eigenvalue weighted by molar-refractivity contribution is 6.00. The molecule has 3 unspecified atom stereocenters. The molecule has 0 radical (unpaired) electrons. The van der Waals surface area contributed by atoms with E-state index in [1.54, 1.807) is 7.11 Å². The van der Waals surface area contributed by atoms with Crippen LogP contribution in [0.15, 0.2) is 42.5 Å². The third-order valence-electron chi connectivity index (χ3n) is 7.97. The predicted octanol–water partition coefficient (Wildman–Crippen LogP) is 3.02. The van der Waals surface area contributed by atoms with Gasteiger partial charge in [-0.1, -0.05) is 44.2 Å². The molecule has 1 N–H and O–H groups in total. The number of hydrogen-bond donors (Lipinski definition) is 1. The fourth-order valence-corrected chi connectivity index (χ4v) is 5.94. The predicted molar refractivity (Wildman–Crippen MR) is 136 cm³/mol. The van der Waals surface area contributed by atoms with Gasteiger partial charge in [0, 0.05) is 31.8 Å². The number of piperazine rings is 1. The average Bonchev–Trinajstić information content (AvgIpc) is 3.27. The van der Waals surface area contributed by atoms with Crippen molar-refractivity contribution in [3.05, 3.63) is 70.8 Å². The maximum Gasteiger partial charge on any atom is 0.250 e. The Morgan fingerprint density at radius 1 is 1.08 bits per heavy atom. The Kier molecular flexibility index (Phi) is 7.22. The maximum absolute atomic E-state index is 15.3. The minimum absolute atomic E-state index is 0.0176. The van der Waals surface area contributed by atoms with E-state index in [2.05, 4.69) is 5.32 Å². The normalized spacial score (nSPS) is 22.9. The first-order chi connectivity index (χ1) is 18.2. The van der Waals surface area contributed by atoms with Crippen molar-refractivity contribution in [2.45, 2.75) is 57.3 Å². The molecule has 38 heavy (non-hydrogen) atoms. The van der Waals surface area contributed by atoms with E-state index >= 15 is 4.39 Å². The summed E-state index contributed by atoms with van der Waals surface area (Å²) in [5, 5.41) is 2.94. The molecule has 2 aromatic rings. The van der Waals surface area contributed by atoms with Crippen LogP contribution < -0.4 is 5.32 Å². The molecular formula is C29H33F2N3O4. The van der Waals surface area contributed by atoms with E-state index in [1.807, 2.05) is 38.1 Å². The Balaban J connectivity index is 1.55. The molecule has 2 saturated heterocycles. The van der Waals surface area contributed by atoms with Crippen LogP contribution in [0.1, 0.15) is 43.0 Å². The molecule has 3 atom stereocenters. The van der Waals surface area contributed by atoms with Crippen molar-refractivity contribution in [3.63, 3.8) is 0 Å². The number of halogens is 2. The highest BCUT2D eigenvalue weighted by Crippen LogP contribution is 2.37. The number of benzene rings is 2. The molecule has 1 aliphatic carbocycles. The summed E-state index contributed by atoms with van der Waals surface area (Å²) >= 11 is 0. The summed E-state index contributed by atoms with van der Waals surface area (Å²) in [5.41, 5.74) is 2.13. The molecule has 0 bridgehead atoms. The first-order valence-electron chi connectivity index (χ1n) is 13.1. The second kappa shape index (κ2) is 10.4. The van der Waals surface area contributed by atoms with Crippen molar-refractivity contribution in [1.29, 1.82) is 0 Å². The lowest BCUT2D eigenvalue weighted by molar-refractivity contribution is -0.164. The van der Waals surface area contributed by atoms with Crippen molar-refractivity contribution in [3.8, 4) is 0 Å². The molecule has 3 aliphatic rings. The zero-order valence-electron chi connectivity index (χ0n) is 21.8. The topological polar surface area (TPSA) is 79.0 Å². The van der Waals surface area contributed by atoms with Gasteiger partial charge in [0.2, 0.25) is 17.7 Å². The first-order valence-corrected chi connectivity index (χ1v) is 13.1. The van der Waals surface area contributed by atoms with E-state index in [4.69, 9.17) is 4.74 Å². The number of likely N-dealkylation sites (tertiary alicyclic amines) is 1. The van der Waals surface area contributed by atoms with E-state index in [0.29, 0.717) is 38.4 Å². The Bertz CT molecular complexity index is 1220. The van der Waals surface area contributed by atoms with Crippen LogP contribution in [0.5, 0.6) is 0 Å². The Morgan fingerprint density at radius 2 is 1.74 bits per heavy atom. The second-order valence-corrected chi connectivity index (χ2v) is 11.0. The molecule has 0 saturated carbocycles. The number of ether oxygens (including phenoxy) is 1. The van der Waals surface area contributed by atoms with Crippen LogP contribution in [-0.4, -0.2) is 65.9 Å². The standard InChI is InChI=1S/C29H33F2N3O4/c1-16(2)10-24-27(35)32-25(19-11-17-6-4-5-7-18(17)12-19)28(36)34(24)26(22-9-8-20(30)13-23(22)31)29(37)33-14-21(15-33)38-3/h4-9,13,16,19,21,24-26H,10-12,14-15H2,1-3H3,(H,32,35). The largest absolute Gasteiger partial charge is 0.378 e. The molecule has 2 aromatic carbocycles. The molecule has 2 heterocycles. The highest BCUT2D eigenvalue weighted by atomic mass is 19.1. The molecule has 0 aromatic heterocycles. The summed E-state index contributed by atoms with van der Waals surface area (Å²) in [6, 6.07) is 7.67. The molecular weight excluding hydrogens is 492 g/mol. The van der Waals surface area contributed by atoms with Gasteiger partial charge in [0.25, 0.3) is 0 Å². The number of rotatable bonds is 7. The lowest BCUT2D eigenvalue weighted by Gasteiger charge is -2.47. The van der Waals surface area contributed by atoms with E-state index in [-0.39, 0.29) is 29.4 Å². The molecule has 7 nitrogen and oxygen atoms in total. The minimum Gasteiger partial charge on any atom is -0.378 e. The van der Waals surface area contributed by atoms with Gasteiger partial charge in [0.15, 0.2) is 0 Å². The Labute approximate surface area is 221 Å². The van der Waals surface area contributed by atoms with Crippen LogP contribution in [0.4, 0.5) is 8.78 Å². The molecule has 2 aliphatic heterocycles. The van der Waals surface area contributed by atoms with Crippen LogP contribution in [0, 0.1) is 23.5 Å². The SMILES string of the molecule is COC1CN(C(=O)C(c2ccc(F)cc2F)N2C(=O)C(C3Cc4ccccc4C3)NC(=O)C2CC(C)C)C1. The molecule has 0 spiro atoms. The monoisotopic (exact) mass is 525 g/mol. The van der Waals surface area contributed by atoms with Crippen molar-refractivity contribution < 1.29 is 27.9 Å². The summed E-state index contributed by atoms with van der Waals surface area (Å²) in [4.78, 5) is 44.5. The fourth-order valence-electron chi connectivity index (χ4n) is 5.94. The number of carbonyl (C=O) groups is 3. The lowest BCUT2D eigenvalue weighted by atomic mass is 9.87. The number of fused-ring (bicyclic) bond motifs is 1. The number of nitrogens with one attached hydrogen (secondary N) is 1. The highest BCUT2D eigenvalue weighted by Gasteiger charge is 2.51. The van der Waals surface area contributed by atoms with Crippen molar-refractivity contribution in [2.75, 3.05) is 20.2 Å². The summed E-state index contributed by atoms with van der Waals surface area (Å²) < 4.78 is 34.4. The van der Waals surface area contributed by atoms with Crippen molar-refractivity contribution in [1.82, 2.24) is 15.1 Å². The van der Waals surface area contributed by atoms with Gasteiger partial charge in [-0.05, 0) is 48.3 Å². The Hall–Kier alpha value is -3.33. The van der Waals surface area contributed by atoms with E-state index in [0.717, 1.165) is 17.2 Å². The molecule has 9 heteroatoms. The van der Waals surface area contributed by atoms with Crippen LogP contribution in [0.25, 0.3) is 0 Å². The van der Waals surface area contributed by atoms with Crippen LogP contribution in [0.2, 0.25) is 0 Å². The fraction of sp³-hybridized carbons (Fsp3) is 0.483. The summed E-state index contributed by atoms with van der Waals surface area (Å²) in [6.45, 7) is 4.42. The number of methoxy groups -OCH3 is 1. The van der Waals surface area contributed by atoms with Crippen LogP contribution >= 0.6 is 0 Å². The number of carbonyl (C=O) groups excluding carboxylic acids is 3. The van der Waals surface area contributed by atoms with Gasteiger partial charge in [-0.15, -0.1) is 0 Å². The molecule has 2 fully saturated rings. The van der Waals surface area contributed by atoms with Crippen molar-refractivity contribution >= 4 is 17.7 Å². The maximum atomic E-state index is 15.3. The molecule has 3 amide bonds. The third kappa shape index (κ3) is 4.79. The van der Waals surface area contributed by atoms with Gasteiger partial charge in [-0.25, -0.2) is 8.78 Å². The molecule has 202 valence electrons. The third-order valence-corrected chi connectivity index (χ3v) is 7.97. The smallest absolute Gasteiger partial charge is 0.250 e. The van der Waals surface area contributed by atoms with Crippen LogP contribution in [-0.2, 0) is 32.0 Å². The van der Waals surface area contributed by atoms with E-state index in [9.17, 15) is 18.8 Å². The van der Waals surface area contributed by atoms with Crippen LogP contribution in [0.3, 0.4) is 0 Å². The van der Waals surface area contributed by atoms with E-state index in [1.165, 1.54) is 15.9 Å². The number of nitrogens with zero attached hydrogens (tertiary/aromatic N) is 2. The number of hydrogen-bond acceptors (Lipinski definition) is 4. The second-order valence-electron chi connectivity index (χ2n) is 11.0. The number of amides is 3. The van der Waals surface area contributed by atoms with Gasteiger partial charge in [-0.3, -0.25) is 14.4 Å². The lowest BCUT2D eigenvalue weighted by Crippen LogP contribution is -2.68. The summed E-state index contributed by atoms with van der Waals surface area (Å²) in [7, 11) is 1.55. The quantitative estimate of drug-likeness (QED) is 0.603. The minimum atomic E-state index is -1.40. The van der Waals surface area contributed by atoms with E-state index < -0.39 is 41.6 Å². The van der Waals surface area contributed by atoms with Crippen molar-refractivity contribution in [2.24, 2.45) is 11.8 Å². The Morgan fingerprint density at radius 3 is 2.32 bits per heavy atom. The van der Waals surface area contributed by atoms with Gasteiger partial charge in [0.05, 0.1) is 6.10 Å². The zero-order valence-corrected chi connectivity index (χ0v) is 21.8.